The van der Waals surface area contributed by atoms with Crippen LogP contribution in [0.3, 0.4) is 0 Å². The van der Waals surface area contributed by atoms with E-state index in [-0.39, 0.29) is 5.60 Å². The summed E-state index contributed by atoms with van der Waals surface area (Å²) in [7, 11) is 0. The Bertz CT molecular complexity index is 300. The number of nitrogens with one attached hydrogen (secondary N) is 2. The average Bonchev–Trinajstić information content (AvgIpc) is 2.73. The number of hydrogen-bond donors (Lipinski definition) is 3. The number of carbonyl (C=O) groups is 2. The molecule has 1 aliphatic heterocycles. The van der Waals surface area contributed by atoms with Crippen molar-refractivity contribution in [3.63, 3.8) is 0 Å². The maximum absolute atomic E-state index is 11.6. The maximum atomic E-state index is 11.6. The lowest BCUT2D eigenvalue weighted by Gasteiger charge is -2.24. The number of hydrogen-bond acceptors (Lipinski definition) is 3. The van der Waals surface area contributed by atoms with Crippen LogP contribution in [-0.2, 0) is 9.53 Å². The van der Waals surface area contributed by atoms with E-state index in [4.69, 9.17) is 9.84 Å². The lowest BCUT2D eigenvalue weighted by molar-refractivity contribution is -0.139. The Balaban J connectivity index is 2.33. The lowest BCUT2D eigenvalue weighted by atomic mass is 10.0. The van der Waals surface area contributed by atoms with E-state index < -0.39 is 18.0 Å². The molecule has 104 valence electrons. The molecule has 18 heavy (non-hydrogen) atoms. The van der Waals surface area contributed by atoms with Crippen LogP contribution in [-0.4, -0.2) is 41.9 Å². The van der Waals surface area contributed by atoms with Crippen molar-refractivity contribution in [2.75, 3.05) is 13.2 Å². The van der Waals surface area contributed by atoms with Crippen molar-refractivity contribution in [1.82, 2.24) is 10.6 Å². The minimum absolute atomic E-state index is 0.319. The quantitative estimate of drug-likeness (QED) is 0.666. The summed E-state index contributed by atoms with van der Waals surface area (Å²) in [5, 5.41) is 14.0. The Kier molecular flexibility index (Phi) is 5.40. The summed E-state index contributed by atoms with van der Waals surface area (Å²) < 4.78 is 5.53. The number of ether oxygens (including phenoxy) is 1. The van der Waals surface area contributed by atoms with Gasteiger partial charge in [-0.25, -0.2) is 9.59 Å². The van der Waals surface area contributed by atoms with Crippen LogP contribution in [0.15, 0.2) is 0 Å². The highest BCUT2D eigenvalue weighted by atomic mass is 16.5. The van der Waals surface area contributed by atoms with Crippen LogP contribution in [0.1, 0.15) is 39.5 Å². The molecule has 1 fully saturated rings. The normalized spacial score (nSPS) is 24.6. The first-order chi connectivity index (χ1) is 8.47. The van der Waals surface area contributed by atoms with E-state index in [0.717, 1.165) is 12.8 Å². The largest absolute Gasteiger partial charge is 0.480 e. The van der Waals surface area contributed by atoms with Crippen LogP contribution in [0, 0.1) is 0 Å². The number of aliphatic carboxylic acids is 1. The standard InChI is InChI=1S/C12H22N2O4/c1-3-5-9(10(15)16)14-11(17)13-8-12(2)6-4-7-18-12/h9H,3-8H2,1-2H3,(H,15,16)(H2,13,14,17)/t9-,12?/m0/s1. The van der Waals surface area contributed by atoms with Gasteiger partial charge in [-0.3, -0.25) is 0 Å². The molecule has 6 nitrogen and oxygen atoms in total. The van der Waals surface area contributed by atoms with Crippen LogP contribution in [0.4, 0.5) is 4.79 Å². The molecule has 2 atom stereocenters. The summed E-state index contributed by atoms with van der Waals surface area (Å²) in [6.07, 6.45) is 3.03. The van der Waals surface area contributed by atoms with Crippen LogP contribution in [0.5, 0.6) is 0 Å². The second-order valence-corrected chi connectivity index (χ2v) is 4.91. The highest BCUT2D eigenvalue weighted by Gasteiger charge is 2.30. The lowest BCUT2D eigenvalue weighted by Crippen LogP contribution is -2.49. The molecule has 0 radical (unpaired) electrons. The molecule has 1 heterocycles. The molecule has 6 heteroatoms. The minimum Gasteiger partial charge on any atom is -0.480 e. The van der Waals surface area contributed by atoms with Crippen LogP contribution in [0.2, 0.25) is 0 Å². The molecule has 1 saturated heterocycles. The van der Waals surface area contributed by atoms with E-state index in [9.17, 15) is 9.59 Å². The van der Waals surface area contributed by atoms with E-state index in [0.29, 0.717) is 26.0 Å². The zero-order valence-corrected chi connectivity index (χ0v) is 11.0. The number of carbonyl (C=O) groups excluding carboxylic acids is 1. The highest BCUT2D eigenvalue weighted by Crippen LogP contribution is 2.23. The summed E-state index contributed by atoms with van der Waals surface area (Å²) >= 11 is 0. The number of urea groups is 1. The van der Waals surface area contributed by atoms with Gasteiger partial charge < -0.3 is 20.5 Å². The first-order valence-corrected chi connectivity index (χ1v) is 6.38. The SMILES string of the molecule is CCC[C@H](NC(=O)NCC1(C)CCCO1)C(=O)O. The fourth-order valence-corrected chi connectivity index (χ4v) is 2.00. The molecule has 0 saturated carbocycles. The monoisotopic (exact) mass is 258 g/mol. The predicted octanol–water partition coefficient (Wildman–Crippen LogP) is 1.11. The highest BCUT2D eigenvalue weighted by molar-refractivity contribution is 5.82. The molecule has 2 amide bonds. The zero-order chi connectivity index (χ0) is 13.6. The molecule has 1 aliphatic rings. The molecular weight excluding hydrogens is 236 g/mol. The van der Waals surface area contributed by atoms with E-state index >= 15 is 0 Å². The van der Waals surface area contributed by atoms with Crippen molar-refractivity contribution in [3.05, 3.63) is 0 Å². The fourth-order valence-electron chi connectivity index (χ4n) is 2.00. The Labute approximate surface area is 107 Å². The smallest absolute Gasteiger partial charge is 0.326 e. The van der Waals surface area contributed by atoms with Crippen molar-refractivity contribution in [3.8, 4) is 0 Å². The van der Waals surface area contributed by atoms with Gasteiger partial charge in [-0.2, -0.15) is 0 Å². The molecule has 0 bridgehead atoms. The summed E-state index contributed by atoms with van der Waals surface area (Å²) in [5.41, 5.74) is -0.319. The molecule has 0 aliphatic carbocycles. The van der Waals surface area contributed by atoms with Crippen molar-refractivity contribution in [2.45, 2.75) is 51.2 Å². The first-order valence-electron chi connectivity index (χ1n) is 6.38. The van der Waals surface area contributed by atoms with Gasteiger partial charge in [0.1, 0.15) is 6.04 Å². The third-order valence-electron chi connectivity index (χ3n) is 3.10. The molecule has 0 aromatic rings. The summed E-state index contributed by atoms with van der Waals surface area (Å²) in [4.78, 5) is 22.5. The van der Waals surface area contributed by atoms with Gasteiger partial charge in [0.05, 0.1) is 5.60 Å². The minimum atomic E-state index is -1.00. The maximum Gasteiger partial charge on any atom is 0.326 e. The second-order valence-electron chi connectivity index (χ2n) is 4.91. The van der Waals surface area contributed by atoms with Gasteiger partial charge in [-0.15, -0.1) is 0 Å². The van der Waals surface area contributed by atoms with Gasteiger partial charge in [0.2, 0.25) is 0 Å². The average molecular weight is 258 g/mol. The number of carboxylic acid groups (broad SMARTS) is 1. The van der Waals surface area contributed by atoms with Gasteiger partial charge >= 0.3 is 12.0 Å². The molecule has 0 aromatic heterocycles. The van der Waals surface area contributed by atoms with Gasteiger partial charge in [0.15, 0.2) is 0 Å². The molecule has 1 rings (SSSR count). The molecular formula is C12H22N2O4. The number of rotatable bonds is 6. The topological polar surface area (TPSA) is 87.7 Å². The number of carboxylic acids is 1. The van der Waals surface area contributed by atoms with E-state index in [1.807, 2.05) is 13.8 Å². The van der Waals surface area contributed by atoms with E-state index in [1.54, 1.807) is 0 Å². The third kappa shape index (κ3) is 4.52. The van der Waals surface area contributed by atoms with Crippen LogP contribution < -0.4 is 10.6 Å². The zero-order valence-electron chi connectivity index (χ0n) is 11.0. The number of amides is 2. The van der Waals surface area contributed by atoms with Crippen LogP contribution >= 0.6 is 0 Å². The van der Waals surface area contributed by atoms with Crippen molar-refractivity contribution < 1.29 is 19.4 Å². The van der Waals surface area contributed by atoms with Crippen molar-refractivity contribution in [2.24, 2.45) is 0 Å². The summed E-state index contributed by atoms with van der Waals surface area (Å²) in [5.74, 6) is -1.00. The van der Waals surface area contributed by atoms with Crippen LogP contribution in [0.25, 0.3) is 0 Å². The van der Waals surface area contributed by atoms with Gasteiger partial charge in [-0.05, 0) is 26.2 Å². The summed E-state index contributed by atoms with van der Waals surface area (Å²) in [6, 6.07) is -1.28. The first kappa shape index (κ1) is 14.8. The molecule has 3 N–H and O–H groups in total. The second kappa shape index (κ2) is 6.58. The predicted molar refractivity (Wildman–Crippen MR) is 66.5 cm³/mol. The summed E-state index contributed by atoms with van der Waals surface area (Å²) in [6.45, 7) is 4.94. The fraction of sp³-hybridized carbons (Fsp3) is 0.833. The third-order valence-corrected chi connectivity index (χ3v) is 3.10. The van der Waals surface area contributed by atoms with Gasteiger partial charge in [0.25, 0.3) is 0 Å². The van der Waals surface area contributed by atoms with E-state index in [1.165, 1.54) is 0 Å². The molecule has 0 spiro atoms. The molecule has 1 unspecified atom stereocenters. The molecule has 0 aromatic carbocycles. The Morgan fingerprint density at radius 3 is 2.72 bits per heavy atom. The van der Waals surface area contributed by atoms with E-state index in [2.05, 4.69) is 10.6 Å². The Hall–Kier alpha value is -1.30. The van der Waals surface area contributed by atoms with Gasteiger partial charge in [-0.1, -0.05) is 13.3 Å². The Morgan fingerprint density at radius 1 is 1.50 bits per heavy atom. The van der Waals surface area contributed by atoms with Crippen molar-refractivity contribution >= 4 is 12.0 Å². The van der Waals surface area contributed by atoms with Gasteiger partial charge in [0, 0.05) is 13.2 Å². The Morgan fingerprint density at radius 2 is 2.22 bits per heavy atom. The van der Waals surface area contributed by atoms with Crippen molar-refractivity contribution in [1.29, 1.82) is 0 Å².